The minimum absolute atomic E-state index is 0.0497. The predicted molar refractivity (Wildman–Crippen MR) is 82.7 cm³/mol. The Labute approximate surface area is 124 Å². The monoisotopic (exact) mass is 316 g/mol. The van der Waals surface area contributed by atoms with Crippen LogP contribution in [0.2, 0.25) is 0 Å². The molecule has 1 aromatic rings. The maximum atomic E-state index is 12.4. The number of nitrogens with two attached hydrogens (primary N) is 1. The molecular formula is C13H20N2O3S2. The molecule has 0 heterocycles. The first kappa shape index (κ1) is 15.5. The molecule has 1 fully saturated rings. The van der Waals surface area contributed by atoms with Crippen LogP contribution in [0.1, 0.15) is 19.3 Å². The molecular weight excluding hydrogens is 296 g/mol. The first-order valence-electron chi connectivity index (χ1n) is 6.41. The fourth-order valence-corrected chi connectivity index (χ4v) is 4.52. The van der Waals surface area contributed by atoms with E-state index < -0.39 is 10.0 Å². The van der Waals surface area contributed by atoms with Crippen LogP contribution in [-0.4, -0.2) is 33.1 Å². The smallest absolute Gasteiger partial charge is 0.244 e. The van der Waals surface area contributed by atoms with E-state index in [9.17, 15) is 8.42 Å². The van der Waals surface area contributed by atoms with E-state index in [1.54, 1.807) is 17.8 Å². The summed E-state index contributed by atoms with van der Waals surface area (Å²) < 4.78 is 32.6. The molecule has 0 saturated heterocycles. The van der Waals surface area contributed by atoms with Crippen LogP contribution in [0.3, 0.4) is 0 Å². The van der Waals surface area contributed by atoms with Crippen LogP contribution in [0.25, 0.3) is 0 Å². The molecule has 1 aromatic carbocycles. The molecule has 1 aliphatic carbocycles. The Balaban J connectivity index is 2.18. The number of nitrogens with one attached hydrogen (secondary N) is 1. The van der Waals surface area contributed by atoms with Crippen molar-refractivity contribution in [3.63, 3.8) is 0 Å². The van der Waals surface area contributed by atoms with E-state index in [1.807, 2.05) is 6.26 Å². The molecule has 0 amide bonds. The third-order valence-corrected chi connectivity index (χ3v) is 6.62. The van der Waals surface area contributed by atoms with Gasteiger partial charge in [0.15, 0.2) is 0 Å². The maximum absolute atomic E-state index is 12.4. The number of hydrogen-bond donors (Lipinski definition) is 2. The lowest BCUT2D eigenvalue weighted by Crippen LogP contribution is -2.45. The van der Waals surface area contributed by atoms with E-state index in [0.717, 1.165) is 19.3 Å². The fraction of sp³-hybridized carbons (Fsp3) is 0.538. The maximum Gasteiger partial charge on any atom is 0.244 e. The van der Waals surface area contributed by atoms with Crippen molar-refractivity contribution in [3.8, 4) is 5.75 Å². The lowest BCUT2D eigenvalue weighted by atomic mass is 9.84. The summed E-state index contributed by atoms with van der Waals surface area (Å²) in [6, 6.07) is 4.55. The van der Waals surface area contributed by atoms with Crippen LogP contribution in [0.15, 0.2) is 23.1 Å². The minimum Gasteiger partial charge on any atom is -0.495 e. The van der Waals surface area contributed by atoms with Gasteiger partial charge in [0.1, 0.15) is 10.6 Å². The summed E-state index contributed by atoms with van der Waals surface area (Å²) in [5, 5.41) is 0. The molecule has 112 valence electrons. The van der Waals surface area contributed by atoms with E-state index in [1.165, 1.54) is 19.2 Å². The largest absolute Gasteiger partial charge is 0.495 e. The highest BCUT2D eigenvalue weighted by Crippen LogP contribution is 2.42. The quantitative estimate of drug-likeness (QED) is 0.783. The van der Waals surface area contributed by atoms with Gasteiger partial charge in [-0.1, -0.05) is 6.42 Å². The number of hydrogen-bond acceptors (Lipinski definition) is 5. The second-order valence-electron chi connectivity index (χ2n) is 4.98. The molecule has 2 rings (SSSR count). The number of benzene rings is 1. The topological polar surface area (TPSA) is 81.4 Å². The molecule has 0 bridgehead atoms. The van der Waals surface area contributed by atoms with Crippen LogP contribution < -0.4 is 15.2 Å². The van der Waals surface area contributed by atoms with Gasteiger partial charge in [0.25, 0.3) is 0 Å². The van der Waals surface area contributed by atoms with Crippen LogP contribution in [0, 0.1) is 0 Å². The zero-order valence-corrected chi connectivity index (χ0v) is 13.3. The van der Waals surface area contributed by atoms with Gasteiger partial charge in [0.05, 0.1) is 7.11 Å². The second kappa shape index (κ2) is 5.83. The molecule has 1 saturated carbocycles. The van der Waals surface area contributed by atoms with Crippen molar-refractivity contribution in [2.75, 3.05) is 25.6 Å². The van der Waals surface area contributed by atoms with Gasteiger partial charge < -0.3 is 10.5 Å². The Hall–Kier alpha value is -0.920. The summed E-state index contributed by atoms with van der Waals surface area (Å²) in [7, 11) is -2.15. The Morgan fingerprint density at radius 1 is 1.45 bits per heavy atom. The Morgan fingerprint density at radius 3 is 2.65 bits per heavy atom. The van der Waals surface area contributed by atoms with Crippen molar-refractivity contribution in [2.45, 2.75) is 28.9 Å². The SMILES string of the molecule is COc1cc(N)ccc1S(=O)(=O)NCC1(SC)CCC1. The van der Waals surface area contributed by atoms with Gasteiger partial charge in [-0.05, 0) is 31.2 Å². The predicted octanol–water partition coefficient (Wildman–Crippen LogP) is 1.84. The lowest BCUT2D eigenvalue weighted by molar-refractivity contribution is 0.361. The molecule has 5 nitrogen and oxygen atoms in total. The van der Waals surface area contributed by atoms with E-state index in [4.69, 9.17) is 10.5 Å². The summed E-state index contributed by atoms with van der Waals surface area (Å²) >= 11 is 1.73. The Morgan fingerprint density at radius 2 is 2.15 bits per heavy atom. The number of rotatable bonds is 6. The molecule has 0 aliphatic heterocycles. The first-order valence-corrected chi connectivity index (χ1v) is 9.12. The van der Waals surface area contributed by atoms with Gasteiger partial charge in [-0.15, -0.1) is 0 Å². The number of sulfonamides is 1. The third-order valence-electron chi connectivity index (χ3n) is 3.76. The van der Waals surface area contributed by atoms with Gasteiger partial charge >= 0.3 is 0 Å². The molecule has 0 unspecified atom stereocenters. The average molecular weight is 316 g/mol. The van der Waals surface area contributed by atoms with Gasteiger partial charge in [0, 0.05) is 23.0 Å². The van der Waals surface area contributed by atoms with Gasteiger partial charge in [-0.2, -0.15) is 11.8 Å². The minimum atomic E-state index is -3.58. The number of methoxy groups -OCH3 is 1. The molecule has 1 aliphatic rings. The average Bonchev–Trinajstić information content (AvgIpc) is 2.37. The molecule has 0 spiro atoms. The number of anilines is 1. The van der Waals surface area contributed by atoms with E-state index in [0.29, 0.717) is 12.2 Å². The summed E-state index contributed by atoms with van der Waals surface area (Å²) in [4.78, 5) is 0.129. The van der Waals surface area contributed by atoms with Crippen LogP contribution in [0.5, 0.6) is 5.75 Å². The zero-order valence-electron chi connectivity index (χ0n) is 11.7. The van der Waals surface area contributed by atoms with Crippen molar-refractivity contribution < 1.29 is 13.2 Å². The van der Waals surface area contributed by atoms with E-state index in [-0.39, 0.29) is 15.4 Å². The van der Waals surface area contributed by atoms with Crippen LogP contribution >= 0.6 is 11.8 Å². The summed E-state index contributed by atoms with van der Waals surface area (Å²) in [6.07, 6.45) is 5.29. The molecule has 7 heteroatoms. The van der Waals surface area contributed by atoms with Crippen molar-refractivity contribution in [1.82, 2.24) is 4.72 Å². The number of nitrogen functional groups attached to an aromatic ring is 1. The summed E-state index contributed by atoms with van der Waals surface area (Å²) in [5.74, 6) is 0.268. The zero-order chi connectivity index (χ0) is 14.8. The van der Waals surface area contributed by atoms with Gasteiger partial charge in [0.2, 0.25) is 10.0 Å². The Kier molecular flexibility index (Phi) is 4.51. The molecule has 0 aromatic heterocycles. The van der Waals surface area contributed by atoms with Crippen LogP contribution in [-0.2, 0) is 10.0 Å². The molecule has 0 atom stereocenters. The van der Waals surface area contributed by atoms with Crippen LogP contribution in [0.4, 0.5) is 5.69 Å². The fourth-order valence-electron chi connectivity index (χ4n) is 2.23. The third kappa shape index (κ3) is 3.05. The highest BCUT2D eigenvalue weighted by molar-refractivity contribution is 8.00. The summed E-state index contributed by atoms with van der Waals surface area (Å²) in [5.41, 5.74) is 6.12. The standard InChI is InChI=1S/C13H20N2O3S2/c1-18-11-8-10(14)4-5-12(11)20(16,17)15-9-13(19-2)6-3-7-13/h4-5,8,15H,3,6-7,9,14H2,1-2H3. The Bertz CT molecular complexity index is 578. The normalized spacial score (nSPS) is 17.5. The highest BCUT2D eigenvalue weighted by Gasteiger charge is 2.37. The first-order chi connectivity index (χ1) is 9.42. The highest BCUT2D eigenvalue weighted by atomic mass is 32.2. The molecule has 3 N–H and O–H groups in total. The van der Waals surface area contributed by atoms with E-state index >= 15 is 0 Å². The van der Waals surface area contributed by atoms with Crippen molar-refractivity contribution in [3.05, 3.63) is 18.2 Å². The van der Waals surface area contributed by atoms with Crippen molar-refractivity contribution in [2.24, 2.45) is 0 Å². The van der Waals surface area contributed by atoms with Crippen molar-refractivity contribution >= 4 is 27.5 Å². The number of thioether (sulfide) groups is 1. The molecule has 20 heavy (non-hydrogen) atoms. The van der Waals surface area contributed by atoms with E-state index in [2.05, 4.69) is 4.72 Å². The van der Waals surface area contributed by atoms with Crippen molar-refractivity contribution in [1.29, 1.82) is 0 Å². The second-order valence-corrected chi connectivity index (χ2v) is 7.99. The number of ether oxygens (including phenoxy) is 1. The summed E-state index contributed by atoms with van der Waals surface area (Å²) in [6.45, 7) is 0.448. The molecule has 0 radical (unpaired) electrons. The van der Waals surface area contributed by atoms with Gasteiger partial charge in [-0.3, -0.25) is 0 Å². The van der Waals surface area contributed by atoms with Gasteiger partial charge in [-0.25, -0.2) is 13.1 Å². The lowest BCUT2D eigenvalue weighted by Gasteiger charge is -2.40.